The van der Waals surface area contributed by atoms with E-state index >= 15 is 0 Å². The molecule has 0 radical (unpaired) electrons. The molecule has 5 aromatic rings. The van der Waals surface area contributed by atoms with Gasteiger partial charge in [-0.3, -0.25) is 19.0 Å². The van der Waals surface area contributed by atoms with Crippen LogP contribution in [0.4, 0.5) is 0 Å². The molecule has 26 heavy (non-hydrogen) atoms. The molecule has 126 valence electrons. The largest absolute Gasteiger partial charge is 0.486 e. The number of ether oxygens (including phenoxy) is 1. The first kappa shape index (κ1) is 14.8. The highest BCUT2D eigenvalue weighted by molar-refractivity contribution is 6.18. The van der Waals surface area contributed by atoms with Crippen molar-refractivity contribution in [2.75, 3.05) is 6.61 Å². The van der Waals surface area contributed by atoms with Crippen LogP contribution >= 0.6 is 0 Å². The summed E-state index contributed by atoms with van der Waals surface area (Å²) in [5.41, 5.74) is 2.37. The van der Waals surface area contributed by atoms with Crippen LogP contribution in [0.5, 0.6) is 5.75 Å². The summed E-state index contributed by atoms with van der Waals surface area (Å²) in [5.74, 6) is 0.567. The SMILES string of the molecule is CC(=O)COc1ccc2c(c1)c1ccnc3c4ccccc4c(=O)n2c13. The van der Waals surface area contributed by atoms with Crippen LogP contribution in [0.15, 0.2) is 59.5 Å². The van der Waals surface area contributed by atoms with Crippen molar-refractivity contribution < 1.29 is 9.53 Å². The lowest BCUT2D eigenvalue weighted by Crippen LogP contribution is -2.13. The molecule has 0 saturated heterocycles. The van der Waals surface area contributed by atoms with Crippen LogP contribution in [0, 0.1) is 0 Å². The van der Waals surface area contributed by atoms with Crippen molar-refractivity contribution in [1.82, 2.24) is 9.38 Å². The summed E-state index contributed by atoms with van der Waals surface area (Å²) in [7, 11) is 0. The van der Waals surface area contributed by atoms with Gasteiger partial charge in [-0.2, -0.15) is 0 Å². The number of fused-ring (bicyclic) bond motifs is 5. The first-order valence-electron chi connectivity index (χ1n) is 8.34. The number of benzene rings is 2. The molecule has 5 heteroatoms. The number of carbonyl (C=O) groups is 1. The number of hydrogen-bond donors (Lipinski definition) is 0. The normalized spacial score (nSPS) is 11.7. The molecule has 5 nitrogen and oxygen atoms in total. The van der Waals surface area contributed by atoms with E-state index in [2.05, 4.69) is 4.98 Å². The molecule has 0 amide bonds. The number of hydrogen-bond acceptors (Lipinski definition) is 4. The van der Waals surface area contributed by atoms with Gasteiger partial charge in [0.05, 0.1) is 16.6 Å². The van der Waals surface area contributed by atoms with Gasteiger partial charge in [0.25, 0.3) is 5.56 Å². The maximum Gasteiger partial charge on any atom is 0.263 e. The van der Waals surface area contributed by atoms with Gasteiger partial charge in [-0.15, -0.1) is 0 Å². The molecule has 0 fully saturated rings. The van der Waals surface area contributed by atoms with E-state index in [1.165, 1.54) is 6.92 Å². The predicted octanol–water partition coefficient (Wildman–Crippen LogP) is 3.56. The Labute approximate surface area is 147 Å². The van der Waals surface area contributed by atoms with Crippen LogP contribution in [0.25, 0.3) is 38.1 Å². The lowest BCUT2D eigenvalue weighted by atomic mass is 10.1. The second-order valence-electron chi connectivity index (χ2n) is 6.41. The van der Waals surface area contributed by atoms with Gasteiger partial charge in [-0.25, -0.2) is 0 Å². The van der Waals surface area contributed by atoms with Crippen LogP contribution in [0.2, 0.25) is 0 Å². The summed E-state index contributed by atoms with van der Waals surface area (Å²) >= 11 is 0. The van der Waals surface area contributed by atoms with Crippen molar-refractivity contribution in [2.24, 2.45) is 0 Å². The van der Waals surface area contributed by atoms with Crippen LogP contribution in [0.3, 0.4) is 0 Å². The quantitative estimate of drug-likeness (QED) is 0.470. The average Bonchev–Trinajstić information content (AvgIpc) is 2.99. The highest BCUT2D eigenvalue weighted by atomic mass is 16.5. The minimum Gasteiger partial charge on any atom is -0.486 e. The van der Waals surface area contributed by atoms with E-state index in [0.29, 0.717) is 11.1 Å². The second-order valence-corrected chi connectivity index (χ2v) is 6.41. The Balaban J connectivity index is 1.95. The number of Topliss-reactive ketones (excluding diaryl/α,β-unsaturated/α-hetero) is 1. The monoisotopic (exact) mass is 342 g/mol. The van der Waals surface area contributed by atoms with Crippen LogP contribution < -0.4 is 10.3 Å². The summed E-state index contributed by atoms with van der Waals surface area (Å²) in [6.07, 6.45) is 1.76. The number of aromatic nitrogens is 2. The van der Waals surface area contributed by atoms with E-state index in [4.69, 9.17) is 4.74 Å². The third-order valence-corrected chi connectivity index (χ3v) is 4.70. The predicted molar refractivity (Wildman–Crippen MR) is 101 cm³/mol. The molecule has 0 spiro atoms. The molecule has 0 N–H and O–H groups in total. The molecule has 5 rings (SSSR count). The van der Waals surface area contributed by atoms with Crippen molar-refractivity contribution >= 4 is 43.9 Å². The Morgan fingerprint density at radius 2 is 1.85 bits per heavy atom. The molecule has 0 bridgehead atoms. The van der Waals surface area contributed by atoms with Gasteiger partial charge in [0.1, 0.15) is 12.4 Å². The number of pyridine rings is 2. The summed E-state index contributed by atoms with van der Waals surface area (Å²) in [6, 6.07) is 15.0. The molecular formula is C21H14N2O3. The fourth-order valence-electron chi connectivity index (χ4n) is 3.62. The molecule has 3 aromatic heterocycles. The van der Waals surface area contributed by atoms with Gasteiger partial charge >= 0.3 is 0 Å². The fraction of sp³-hybridized carbons (Fsp3) is 0.0952. The van der Waals surface area contributed by atoms with Gasteiger partial charge in [-0.05, 0) is 37.3 Å². The van der Waals surface area contributed by atoms with Crippen LogP contribution in [-0.4, -0.2) is 21.8 Å². The highest BCUT2D eigenvalue weighted by Gasteiger charge is 2.17. The Bertz CT molecular complexity index is 1380. The van der Waals surface area contributed by atoms with Crippen molar-refractivity contribution in [3.63, 3.8) is 0 Å². The maximum atomic E-state index is 13.1. The summed E-state index contributed by atoms with van der Waals surface area (Å²) in [5, 5.41) is 3.35. The van der Waals surface area contributed by atoms with Gasteiger partial charge < -0.3 is 4.74 Å². The van der Waals surface area contributed by atoms with E-state index in [9.17, 15) is 9.59 Å². The number of carbonyl (C=O) groups excluding carboxylic acids is 1. The van der Waals surface area contributed by atoms with Gasteiger partial charge in [-0.1, -0.05) is 18.2 Å². The van der Waals surface area contributed by atoms with Crippen molar-refractivity contribution in [3.05, 3.63) is 65.1 Å². The molecule has 0 saturated carbocycles. The number of rotatable bonds is 3. The minimum absolute atomic E-state index is 0.0291. The zero-order valence-electron chi connectivity index (χ0n) is 14.0. The zero-order valence-corrected chi connectivity index (χ0v) is 14.0. The summed E-state index contributed by atoms with van der Waals surface area (Å²) in [6.45, 7) is 1.52. The van der Waals surface area contributed by atoms with Gasteiger partial charge in [0.2, 0.25) is 0 Å². The smallest absolute Gasteiger partial charge is 0.263 e. The maximum absolute atomic E-state index is 13.1. The van der Waals surface area contributed by atoms with E-state index < -0.39 is 0 Å². The van der Waals surface area contributed by atoms with Gasteiger partial charge in [0, 0.05) is 27.7 Å². The Kier molecular flexibility index (Phi) is 3.00. The molecule has 0 aliphatic rings. The zero-order chi connectivity index (χ0) is 17.8. The van der Waals surface area contributed by atoms with Crippen molar-refractivity contribution in [3.8, 4) is 5.75 Å². The van der Waals surface area contributed by atoms with E-state index in [-0.39, 0.29) is 17.9 Å². The molecule has 0 aliphatic heterocycles. The Morgan fingerprint density at radius 3 is 2.65 bits per heavy atom. The Hall–Kier alpha value is -3.47. The average molecular weight is 342 g/mol. The molecule has 0 atom stereocenters. The number of nitrogens with zero attached hydrogens (tertiary/aromatic N) is 2. The summed E-state index contributed by atoms with van der Waals surface area (Å²) < 4.78 is 7.27. The van der Waals surface area contributed by atoms with E-state index in [1.807, 2.05) is 42.5 Å². The third-order valence-electron chi connectivity index (χ3n) is 4.70. The highest BCUT2D eigenvalue weighted by Crippen LogP contribution is 2.34. The van der Waals surface area contributed by atoms with E-state index in [0.717, 1.165) is 32.7 Å². The lowest BCUT2D eigenvalue weighted by Gasteiger charge is -2.05. The molecule has 3 heterocycles. The second kappa shape index (κ2) is 5.26. The van der Waals surface area contributed by atoms with Crippen LogP contribution in [0.1, 0.15) is 6.92 Å². The first-order chi connectivity index (χ1) is 12.6. The number of ketones is 1. The van der Waals surface area contributed by atoms with Gasteiger partial charge in [0.15, 0.2) is 5.78 Å². The fourth-order valence-corrected chi connectivity index (χ4v) is 3.62. The Morgan fingerprint density at radius 1 is 1.04 bits per heavy atom. The summed E-state index contributed by atoms with van der Waals surface area (Å²) in [4.78, 5) is 28.9. The van der Waals surface area contributed by atoms with Crippen molar-refractivity contribution in [2.45, 2.75) is 6.92 Å². The molecule has 0 aliphatic carbocycles. The standard InChI is InChI=1S/C21H14N2O3/c1-12(24)11-26-13-6-7-18-17(10-13)15-8-9-22-19-14-4-2-3-5-16(14)21(25)23(18)20(15)19/h2-10H,11H2,1H3. The third kappa shape index (κ3) is 1.94. The first-order valence-corrected chi connectivity index (χ1v) is 8.34. The van der Waals surface area contributed by atoms with Crippen LogP contribution in [-0.2, 0) is 4.79 Å². The lowest BCUT2D eigenvalue weighted by molar-refractivity contribution is -0.118. The topological polar surface area (TPSA) is 60.7 Å². The molecular weight excluding hydrogens is 328 g/mol. The van der Waals surface area contributed by atoms with Crippen molar-refractivity contribution in [1.29, 1.82) is 0 Å². The molecule has 2 aromatic carbocycles. The minimum atomic E-state index is -0.0569. The van der Waals surface area contributed by atoms with E-state index in [1.54, 1.807) is 16.7 Å². The molecule has 0 unspecified atom stereocenters.